The summed E-state index contributed by atoms with van der Waals surface area (Å²) in [5.41, 5.74) is 0. The number of hydrogen-bond acceptors (Lipinski definition) is 1. The molecule has 0 spiro atoms. The van der Waals surface area contributed by atoms with E-state index >= 15 is 0 Å². The summed E-state index contributed by atoms with van der Waals surface area (Å²) in [6, 6.07) is 0. The van der Waals surface area contributed by atoms with E-state index in [9.17, 15) is 0 Å². The Hall–Kier alpha value is 1.96. The average molecular weight is 148 g/mol. The van der Waals surface area contributed by atoms with Crippen molar-refractivity contribution in [1.82, 2.24) is 0 Å². The van der Waals surface area contributed by atoms with Gasteiger partial charge in [0, 0.05) is 0 Å². The summed E-state index contributed by atoms with van der Waals surface area (Å²) < 4.78 is 0. The zero-order chi connectivity index (χ0) is 2.00. The molecule has 4 heteroatoms. The Balaban J connectivity index is -0.00000000500. The molecule has 0 radical (unpaired) electrons. The SMILES string of the molecule is O.[CaH2].[S]=[Fe]. The second-order valence-corrected chi connectivity index (χ2v) is 0. The van der Waals surface area contributed by atoms with Gasteiger partial charge < -0.3 is 5.48 Å². The average Bonchev–Trinajstić information content (AvgIpc) is 1.00. The molecule has 0 aliphatic rings. The van der Waals surface area contributed by atoms with E-state index < -0.39 is 0 Å². The Kier molecular flexibility index (Phi) is 84.7. The molecule has 0 aliphatic heterocycles. The van der Waals surface area contributed by atoms with Crippen LogP contribution in [0.15, 0.2) is 0 Å². The van der Waals surface area contributed by atoms with Crippen LogP contribution in [0.25, 0.3) is 0 Å². The first-order valence-corrected chi connectivity index (χ1v) is 1.79. The van der Waals surface area contributed by atoms with Gasteiger partial charge in [-0.25, -0.2) is 0 Å². The maximum atomic E-state index is 3.83. The van der Waals surface area contributed by atoms with Crippen molar-refractivity contribution >= 4 is 48.3 Å². The second kappa shape index (κ2) is 20.3. The molecule has 0 aromatic heterocycles. The van der Waals surface area contributed by atoms with E-state index in [0.29, 0.717) is 0 Å². The molecule has 0 bridgehead atoms. The quantitative estimate of drug-likeness (QED) is 0.401. The van der Waals surface area contributed by atoms with Crippen molar-refractivity contribution in [2.45, 2.75) is 0 Å². The molecule has 0 saturated carbocycles. The van der Waals surface area contributed by atoms with Crippen LogP contribution < -0.4 is 0 Å². The standard InChI is InChI=1S/Ca.Fe.H2O.S.2H/h;;1H2;;;. The Morgan fingerprint density at radius 1 is 1.25 bits per heavy atom. The maximum absolute atomic E-state index is 3.83. The molecule has 0 heterocycles. The van der Waals surface area contributed by atoms with Gasteiger partial charge in [0.15, 0.2) is 0 Å². The van der Waals surface area contributed by atoms with Crippen molar-refractivity contribution in [3.63, 3.8) is 0 Å². The molecule has 0 saturated heterocycles. The summed E-state index contributed by atoms with van der Waals surface area (Å²) in [5.74, 6) is 0. The molecule has 0 aliphatic carbocycles. The first kappa shape index (κ1) is 16.7. The van der Waals surface area contributed by atoms with Crippen LogP contribution in [-0.4, -0.2) is 43.2 Å². The molecule has 0 rings (SSSR count). The van der Waals surface area contributed by atoms with Gasteiger partial charge in [-0.05, 0) is 0 Å². The van der Waals surface area contributed by atoms with Crippen LogP contribution in [0.3, 0.4) is 0 Å². The van der Waals surface area contributed by atoms with Gasteiger partial charge in [-0.2, -0.15) is 0 Å². The summed E-state index contributed by atoms with van der Waals surface area (Å²) in [5, 5.41) is 0. The number of rotatable bonds is 0. The Morgan fingerprint density at radius 3 is 1.25 bits per heavy atom. The van der Waals surface area contributed by atoms with E-state index in [1.54, 1.807) is 0 Å². The molecule has 0 fully saturated rings. The first-order chi connectivity index (χ1) is 1.00. The summed E-state index contributed by atoms with van der Waals surface area (Å²) in [7, 11) is 3.83. The van der Waals surface area contributed by atoms with Crippen LogP contribution >= 0.6 is 10.6 Å². The van der Waals surface area contributed by atoms with Crippen LogP contribution in [0.5, 0.6) is 0 Å². The molecule has 0 atom stereocenters. The van der Waals surface area contributed by atoms with Crippen molar-refractivity contribution in [3.8, 4) is 0 Å². The number of hydrogen-bond donors (Lipinski definition) is 0. The topological polar surface area (TPSA) is 31.5 Å². The van der Waals surface area contributed by atoms with Crippen molar-refractivity contribution in [2.24, 2.45) is 0 Å². The fourth-order valence-electron chi connectivity index (χ4n) is 0. The van der Waals surface area contributed by atoms with E-state index in [-0.39, 0.29) is 43.2 Å². The van der Waals surface area contributed by atoms with Crippen LogP contribution in [0.2, 0.25) is 0 Å². The van der Waals surface area contributed by atoms with Gasteiger partial charge >= 0.3 is 62.7 Å². The van der Waals surface area contributed by atoms with Crippen molar-refractivity contribution in [3.05, 3.63) is 0 Å². The van der Waals surface area contributed by atoms with Gasteiger partial charge in [0.1, 0.15) is 0 Å². The van der Waals surface area contributed by atoms with Gasteiger partial charge in [-0.15, -0.1) is 0 Å². The van der Waals surface area contributed by atoms with Gasteiger partial charge in [0.25, 0.3) is 0 Å². The molecular formula is H4CaFeOS. The normalized spacial score (nSPS) is 1.25. The molecule has 0 amide bonds. The summed E-state index contributed by atoms with van der Waals surface area (Å²) >= 11 is 2.83. The van der Waals surface area contributed by atoms with Gasteiger partial charge in [-0.3, -0.25) is 0 Å². The van der Waals surface area contributed by atoms with Crippen LogP contribution in [0, 0.1) is 0 Å². The predicted molar refractivity (Wildman–Crippen MR) is 19.7 cm³/mol. The van der Waals surface area contributed by atoms with Crippen LogP contribution in [0.4, 0.5) is 0 Å². The van der Waals surface area contributed by atoms with E-state index in [1.807, 2.05) is 0 Å². The fourth-order valence-corrected chi connectivity index (χ4v) is 0. The molecule has 0 aromatic rings. The summed E-state index contributed by atoms with van der Waals surface area (Å²) in [4.78, 5) is 0. The molecule has 4 heavy (non-hydrogen) atoms. The first-order valence-electron chi connectivity index (χ1n) is 0.144. The van der Waals surface area contributed by atoms with Gasteiger partial charge in [0.2, 0.25) is 0 Å². The third kappa shape index (κ3) is 9.03. The van der Waals surface area contributed by atoms with E-state index in [1.165, 1.54) is 0 Å². The molecule has 0 aromatic carbocycles. The molecule has 1 nitrogen and oxygen atoms in total. The fraction of sp³-hybridized carbons (Fsp3) is 0. The molecule has 26 valence electrons. The van der Waals surface area contributed by atoms with Crippen molar-refractivity contribution in [1.29, 1.82) is 0 Å². The van der Waals surface area contributed by atoms with Crippen LogP contribution in [-0.2, 0) is 14.4 Å². The third-order valence-corrected chi connectivity index (χ3v) is 0. The van der Waals surface area contributed by atoms with Crippen molar-refractivity contribution < 1.29 is 19.9 Å². The zero-order valence-electron chi connectivity index (χ0n) is 1.26. The second-order valence-electron chi connectivity index (χ2n) is 0. The van der Waals surface area contributed by atoms with Crippen LogP contribution in [0.1, 0.15) is 0 Å². The monoisotopic (exact) mass is 148 g/mol. The summed E-state index contributed by atoms with van der Waals surface area (Å²) in [6.07, 6.45) is 0. The van der Waals surface area contributed by atoms with Gasteiger partial charge in [-0.1, -0.05) is 0 Å². The molecular weight excluding hydrogens is 144 g/mol. The molecule has 0 unspecified atom stereocenters. The zero-order valence-corrected chi connectivity index (χ0v) is 3.18. The van der Waals surface area contributed by atoms with E-state index in [0.717, 1.165) is 0 Å². The Morgan fingerprint density at radius 2 is 1.25 bits per heavy atom. The minimum absolute atomic E-state index is 0. The van der Waals surface area contributed by atoms with E-state index in [4.69, 9.17) is 0 Å². The third-order valence-electron chi connectivity index (χ3n) is 0. The van der Waals surface area contributed by atoms with E-state index in [2.05, 4.69) is 24.9 Å². The summed E-state index contributed by atoms with van der Waals surface area (Å²) in [6.45, 7) is 0. The predicted octanol–water partition coefficient (Wildman–Crippen LogP) is -1.10. The minimum atomic E-state index is 0. The van der Waals surface area contributed by atoms with Crippen molar-refractivity contribution in [2.75, 3.05) is 0 Å². The Labute approximate surface area is 67.1 Å². The van der Waals surface area contributed by atoms with Gasteiger partial charge in [0.05, 0.1) is 0 Å². The Bertz CT molecular complexity index is 8.00. The molecule has 2 N–H and O–H groups in total.